The number of nitrogens with zero attached hydrogens (tertiary/aromatic N) is 2. The van der Waals surface area contributed by atoms with Crippen LogP contribution in [-0.2, 0) is 12.8 Å². The highest BCUT2D eigenvalue weighted by Gasteiger charge is 2.07. The molecule has 0 bridgehead atoms. The Bertz CT molecular complexity index is 522. The number of aromatic nitrogens is 2. The van der Waals surface area contributed by atoms with Gasteiger partial charge in [0, 0.05) is 12.5 Å². The fourth-order valence-corrected chi connectivity index (χ4v) is 1.87. The highest BCUT2D eigenvalue weighted by atomic mass is 19.1. The van der Waals surface area contributed by atoms with E-state index >= 15 is 0 Å². The average molecular weight is 277 g/mol. The summed E-state index contributed by atoms with van der Waals surface area (Å²) >= 11 is 0. The first kappa shape index (κ1) is 14.7. The van der Waals surface area contributed by atoms with E-state index in [2.05, 4.69) is 29.4 Å². The predicted molar refractivity (Wildman–Crippen MR) is 75.0 cm³/mol. The highest BCUT2D eigenvalue weighted by molar-refractivity contribution is 5.18. The summed E-state index contributed by atoms with van der Waals surface area (Å²) in [4.78, 5) is 0. The number of rotatable bonds is 7. The van der Waals surface area contributed by atoms with Gasteiger partial charge in [-0.05, 0) is 30.7 Å². The zero-order chi connectivity index (χ0) is 14.4. The van der Waals surface area contributed by atoms with E-state index in [0.29, 0.717) is 24.2 Å². The zero-order valence-electron chi connectivity index (χ0n) is 11.9. The third-order valence-electron chi connectivity index (χ3n) is 2.90. The topological polar surface area (TPSA) is 51.0 Å². The Morgan fingerprint density at radius 1 is 1.15 bits per heavy atom. The molecule has 0 aliphatic rings. The molecular weight excluding hydrogens is 257 g/mol. The third kappa shape index (κ3) is 4.74. The molecule has 1 aromatic heterocycles. The molecule has 0 spiro atoms. The Balaban J connectivity index is 1.81. The minimum absolute atomic E-state index is 0.238. The monoisotopic (exact) mass is 277 g/mol. The van der Waals surface area contributed by atoms with Gasteiger partial charge in [0.05, 0.1) is 6.42 Å². The van der Waals surface area contributed by atoms with E-state index < -0.39 is 0 Å². The Kier molecular flexibility index (Phi) is 5.24. The smallest absolute Gasteiger partial charge is 0.220 e. The third-order valence-corrected chi connectivity index (χ3v) is 2.90. The first-order chi connectivity index (χ1) is 9.63. The molecule has 0 amide bonds. The number of benzene rings is 1. The van der Waals surface area contributed by atoms with Crippen molar-refractivity contribution in [2.24, 2.45) is 0 Å². The van der Waals surface area contributed by atoms with Crippen molar-refractivity contribution in [3.8, 4) is 0 Å². The predicted octanol–water partition coefficient (Wildman–Crippen LogP) is 2.73. The van der Waals surface area contributed by atoms with Crippen LogP contribution in [0.4, 0.5) is 4.39 Å². The lowest BCUT2D eigenvalue weighted by Crippen LogP contribution is -2.23. The van der Waals surface area contributed by atoms with Crippen LogP contribution in [0.15, 0.2) is 28.7 Å². The SMILES string of the molecule is CC(C)NCCCc1nnc(Cc2ccc(F)cc2)o1. The summed E-state index contributed by atoms with van der Waals surface area (Å²) < 4.78 is 18.4. The maximum atomic E-state index is 12.8. The van der Waals surface area contributed by atoms with Crippen molar-refractivity contribution >= 4 is 0 Å². The number of hydrogen-bond donors (Lipinski definition) is 1. The second-order valence-corrected chi connectivity index (χ2v) is 5.11. The summed E-state index contributed by atoms with van der Waals surface area (Å²) in [6.07, 6.45) is 2.28. The van der Waals surface area contributed by atoms with Crippen molar-refractivity contribution in [3.63, 3.8) is 0 Å². The van der Waals surface area contributed by atoms with E-state index in [-0.39, 0.29) is 5.82 Å². The summed E-state index contributed by atoms with van der Waals surface area (Å²) in [6, 6.07) is 6.82. The molecule has 108 valence electrons. The van der Waals surface area contributed by atoms with Crippen molar-refractivity contribution in [1.29, 1.82) is 0 Å². The molecule has 1 heterocycles. The van der Waals surface area contributed by atoms with Gasteiger partial charge in [0.15, 0.2) is 0 Å². The quantitative estimate of drug-likeness (QED) is 0.791. The summed E-state index contributed by atoms with van der Waals surface area (Å²) in [5.74, 6) is 0.994. The van der Waals surface area contributed by atoms with E-state index in [0.717, 1.165) is 24.9 Å². The fraction of sp³-hybridized carbons (Fsp3) is 0.467. The van der Waals surface area contributed by atoms with Crippen LogP contribution in [0.5, 0.6) is 0 Å². The van der Waals surface area contributed by atoms with Gasteiger partial charge in [0.1, 0.15) is 5.82 Å². The van der Waals surface area contributed by atoms with Crippen molar-refractivity contribution in [3.05, 3.63) is 47.4 Å². The minimum atomic E-state index is -0.238. The van der Waals surface area contributed by atoms with Crippen molar-refractivity contribution in [2.45, 2.75) is 39.2 Å². The van der Waals surface area contributed by atoms with Crippen LogP contribution in [0.3, 0.4) is 0 Å². The molecule has 0 radical (unpaired) electrons. The van der Waals surface area contributed by atoms with Crippen LogP contribution in [0, 0.1) is 5.82 Å². The minimum Gasteiger partial charge on any atom is -0.425 e. The first-order valence-corrected chi connectivity index (χ1v) is 6.92. The van der Waals surface area contributed by atoms with Gasteiger partial charge in [-0.1, -0.05) is 26.0 Å². The van der Waals surface area contributed by atoms with Gasteiger partial charge in [0.2, 0.25) is 11.8 Å². The molecule has 2 aromatic rings. The maximum Gasteiger partial charge on any atom is 0.220 e. The molecule has 0 saturated carbocycles. The van der Waals surface area contributed by atoms with Crippen LogP contribution >= 0.6 is 0 Å². The van der Waals surface area contributed by atoms with Crippen LogP contribution in [-0.4, -0.2) is 22.8 Å². The molecule has 0 aliphatic heterocycles. The molecule has 0 aliphatic carbocycles. The van der Waals surface area contributed by atoms with E-state index in [4.69, 9.17) is 4.42 Å². The second kappa shape index (κ2) is 7.14. The number of aryl methyl sites for hydroxylation is 1. The Morgan fingerprint density at radius 2 is 1.85 bits per heavy atom. The second-order valence-electron chi connectivity index (χ2n) is 5.11. The number of halogens is 1. The van der Waals surface area contributed by atoms with Crippen LogP contribution < -0.4 is 5.32 Å². The van der Waals surface area contributed by atoms with Gasteiger partial charge >= 0.3 is 0 Å². The van der Waals surface area contributed by atoms with Gasteiger partial charge in [-0.15, -0.1) is 10.2 Å². The normalized spacial score (nSPS) is 11.2. The summed E-state index contributed by atoms with van der Waals surface area (Å²) in [6.45, 7) is 5.17. The standard InChI is InChI=1S/C15H20FN3O/c1-11(2)17-9-3-4-14-18-19-15(20-14)10-12-5-7-13(16)8-6-12/h5-8,11,17H,3-4,9-10H2,1-2H3. The van der Waals surface area contributed by atoms with Gasteiger partial charge in [0.25, 0.3) is 0 Å². The van der Waals surface area contributed by atoms with Crippen LogP contribution in [0.1, 0.15) is 37.6 Å². The lowest BCUT2D eigenvalue weighted by atomic mass is 10.1. The van der Waals surface area contributed by atoms with Gasteiger partial charge in [-0.2, -0.15) is 0 Å². The summed E-state index contributed by atoms with van der Waals surface area (Å²) in [5.41, 5.74) is 0.961. The molecule has 0 fully saturated rings. The molecular formula is C15H20FN3O. The van der Waals surface area contributed by atoms with Crippen molar-refractivity contribution in [1.82, 2.24) is 15.5 Å². The molecule has 2 rings (SSSR count). The first-order valence-electron chi connectivity index (χ1n) is 6.92. The summed E-state index contributed by atoms with van der Waals surface area (Å²) in [7, 11) is 0. The maximum absolute atomic E-state index is 12.8. The molecule has 20 heavy (non-hydrogen) atoms. The molecule has 0 saturated heterocycles. The van der Waals surface area contributed by atoms with Gasteiger partial charge in [-0.3, -0.25) is 0 Å². The van der Waals surface area contributed by atoms with Crippen LogP contribution in [0.25, 0.3) is 0 Å². The number of hydrogen-bond acceptors (Lipinski definition) is 4. The molecule has 0 unspecified atom stereocenters. The average Bonchev–Trinajstić information content (AvgIpc) is 2.85. The van der Waals surface area contributed by atoms with E-state index in [1.807, 2.05) is 0 Å². The van der Waals surface area contributed by atoms with E-state index in [9.17, 15) is 4.39 Å². The lowest BCUT2D eigenvalue weighted by molar-refractivity contribution is 0.446. The Morgan fingerprint density at radius 3 is 2.55 bits per heavy atom. The van der Waals surface area contributed by atoms with Gasteiger partial charge in [-0.25, -0.2) is 4.39 Å². The molecule has 5 heteroatoms. The van der Waals surface area contributed by atoms with E-state index in [1.54, 1.807) is 12.1 Å². The number of nitrogens with one attached hydrogen (secondary N) is 1. The summed E-state index contributed by atoms with van der Waals surface area (Å²) in [5, 5.41) is 11.4. The Hall–Kier alpha value is -1.75. The highest BCUT2D eigenvalue weighted by Crippen LogP contribution is 2.10. The largest absolute Gasteiger partial charge is 0.425 e. The van der Waals surface area contributed by atoms with Crippen molar-refractivity contribution in [2.75, 3.05) is 6.54 Å². The molecule has 1 N–H and O–H groups in total. The molecule has 1 aromatic carbocycles. The van der Waals surface area contributed by atoms with E-state index in [1.165, 1.54) is 12.1 Å². The lowest BCUT2D eigenvalue weighted by Gasteiger charge is -2.05. The van der Waals surface area contributed by atoms with Crippen molar-refractivity contribution < 1.29 is 8.81 Å². The van der Waals surface area contributed by atoms with Crippen LogP contribution in [0.2, 0.25) is 0 Å². The molecule has 0 atom stereocenters. The van der Waals surface area contributed by atoms with Gasteiger partial charge < -0.3 is 9.73 Å². The zero-order valence-corrected chi connectivity index (χ0v) is 11.9. The fourth-order valence-electron chi connectivity index (χ4n) is 1.87. The Labute approximate surface area is 118 Å². The molecule has 4 nitrogen and oxygen atoms in total.